The minimum Gasteiger partial charge on any atom is -0.349 e. The normalized spacial score (nSPS) is 26.1. The van der Waals surface area contributed by atoms with E-state index in [1.54, 1.807) is 13.4 Å². The number of halogens is 2. The molecule has 2 amide bonds. The molecule has 8 rings (SSSR count). The fraction of sp³-hybridized carbons (Fsp3) is 0.593. The molecule has 0 aromatic carbocycles. The summed E-state index contributed by atoms with van der Waals surface area (Å²) in [5.74, 6) is 0.807. The topological polar surface area (TPSA) is 119 Å². The van der Waals surface area contributed by atoms with Crippen molar-refractivity contribution in [2.24, 2.45) is 23.8 Å². The van der Waals surface area contributed by atoms with Gasteiger partial charge in [-0.3, -0.25) is 18.8 Å². The predicted octanol–water partition coefficient (Wildman–Crippen LogP) is 4.51. The van der Waals surface area contributed by atoms with Crippen molar-refractivity contribution in [1.82, 2.24) is 29.9 Å². The first-order valence-electron chi connectivity index (χ1n) is 14.0. The molecule has 13 heteroatoms. The number of rotatable bonds is 8. The van der Waals surface area contributed by atoms with E-state index in [4.69, 9.17) is 0 Å². The maximum atomic E-state index is 13.7. The first-order valence-corrected chi connectivity index (χ1v) is 14.8. The Kier molecular flexibility index (Phi) is 5.10. The summed E-state index contributed by atoms with van der Waals surface area (Å²) in [5.41, 5.74) is 1.81. The summed E-state index contributed by atoms with van der Waals surface area (Å²) in [6, 6.07) is 1.48. The van der Waals surface area contributed by atoms with Crippen molar-refractivity contribution in [2.75, 3.05) is 10.6 Å². The number of anilines is 3. The summed E-state index contributed by atoms with van der Waals surface area (Å²) >= 11 is 1.53. The minimum atomic E-state index is -2.67. The molecule has 4 fully saturated rings. The molecule has 4 saturated carbocycles. The fourth-order valence-corrected chi connectivity index (χ4v) is 7.93. The Bertz CT molecular complexity index is 1550. The van der Waals surface area contributed by atoms with E-state index in [9.17, 15) is 18.4 Å². The Morgan fingerprint density at radius 2 is 1.98 bits per heavy atom. The van der Waals surface area contributed by atoms with Crippen molar-refractivity contribution < 1.29 is 18.4 Å². The van der Waals surface area contributed by atoms with Gasteiger partial charge in [-0.15, -0.1) is 21.5 Å². The largest absolute Gasteiger partial charge is 0.349 e. The van der Waals surface area contributed by atoms with Crippen LogP contribution in [0.5, 0.6) is 0 Å². The number of carbonyl (C=O) groups excluding carboxylic acids is 2. The molecule has 10 nitrogen and oxygen atoms in total. The monoisotopic (exact) mass is 568 g/mol. The number of aromatic nitrogens is 5. The average molecular weight is 569 g/mol. The third kappa shape index (κ3) is 3.95. The van der Waals surface area contributed by atoms with Gasteiger partial charge in [0.2, 0.25) is 11.9 Å². The molecule has 3 atom stereocenters. The van der Waals surface area contributed by atoms with E-state index >= 15 is 0 Å². The third-order valence-corrected chi connectivity index (χ3v) is 11.0. The summed E-state index contributed by atoms with van der Waals surface area (Å²) in [6.07, 6.45) is 7.67. The van der Waals surface area contributed by atoms with Crippen LogP contribution in [0.2, 0.25) is 0 Å². The molecule has 0 aliphatic heterocycles. The van der Waals surface area contributed by atoms with Gasteiger partial charge < -0.3 is 16.0 Å². The van der Waals surface area contributed by atoms with E-state index in [0.717, 1.165) is 49.0 Å². The zero-order valence-electron chi connectivity index (χ0n) is 22.0. The third-order valence-electron chi connectivity index (χ3n) is 9.81. The van der Waals surface area contributed by atoms with Gasteiger partial charge in [0.1, 0.15) is 22.8 Å². The second-order valence-electron chi connectivity index (χ2n) is 12.4. The number of aryl methyl sites for hydroxylation is 2. The van der Waals surface area contributed by atoms with Gasteiger partial charge in [0.15, 0.2) is 0 Å². The predicted molar refractivity (Wildman–Crippen MR) is 143 cm³/mol. The van der Waals surface area contributed by atoms with E-state index in [0.29, 0.717) is 34.2 Å². The van der Waals surface area contributed by atoms with Crippen LogP contribution >= 0.6 is 11.3 Å². The second kappa shape index (κ2) is 8.34. The number of thiophene rings is 1. The SMILES string of the molecule is Cn1nc(C(F)F)cc1Nc1nncn1[C@H]1CCc2sc(NC(=O)[C@H]3CC34CC4)c(C(=O)N[C@H]3CC34CC4)c2C1. The molecule has 5 aliphatic carbocycles. The molecule has 3 aromatic heterocycles. The summed E-state index contributed by atoms with van der Waals surface area (Å²) in [5, 5.41) is 22.3. The van der Waals surface area contributed by atoms with Crippen molar-refractivity contribution >= 4 is 39.9 Å². The zero-order valence-corrected chi connectivity index (χ0v) is 22.9. The van der Waals surface area contributed by atoms with Crippen LogP contribution in [0.3, 0.4) is 0 Å². The molecule has 2 spiro atoms. The molecule has 3 N–H and O–H groups in total. The number of nitrogens with one attached hydrogen (secondary N) is 3. The molecule has 5 aliphatic rings. The second-order valence-corrected chi connectivity index (χ2v) is 13.5. The van der Waals surface area contributed by atoms with Gasteiger partial charge in [-0.2, -0.15) is 5.10 Å². The first kappa shape index (κ1) is 24.4. The molecule has 3 heterocycles. The van der Waals surface area contributed by atoms with Crippen LogP contribution in [0, 0.1) is 16.7 Å². The highest BCUT2D eigenvalue weighted by Gasteiger charge is 2.66. The molecule has 210 valence electrons. The highest BCUT2D eigenvalue weighted by atomic mass is 32.1. The lowest BCUT2D eigenvalue weighted by atomic mass is 9.91. The van der Waals surface area contributed by atoms with Crippen molar-refractivity contribution in [3.63, 3.8) is 0 Å². The van der Waals surface area contributed by atoms with Crippen molar-refractivity contribution in [3.8, 4) is 0 Å². The van der Waals surface area contributed by atoms with E-state index in [1.807, 2.05) is 4.57 Å². The van der Waals surface area contributed by atoms with Crippen molar-refractivity contribution in [2.45, 2.75) is 76.3 Å². The first-order chi connectivity index (χ1) is 19.3. The Morgan fingerprint density at radius 3 is 2.65 bits per heavy atom. The van der Waals surface area contributed by atoms with Crippen LogP contribution in [-0.4, -0.2) is 42.4 Å². The van der Waals surface area contributed by atoms with Crippen LogP contribution < -0.4 is 16.0 Å². The van der Waals surface area contributed by atoms with Gasteiger partial charge in [0.25, 0.3) is 12.3 Å². The lowest BCUT2D eigenvalue weighted by Crippen LogP contribution is -2.30. The molecule has 0 unspecified atom stereocenters. The smallest absolute Gasteiger partial charge is 0.282 e. The van der Waals surface area contributed by atoms with Gasteiger partial charge in [-0.05, 0) is 74.2 Å². The highest BCUT2D eigenvalue weighted by molar-refractivity contribution is 7.17. The Hall–Kier alpha value is -3.35. The number of hydrogen-bond acceptors (Lipinski definition) is 7. The number of amides is 2. The lowest BCUT2D eigenvalue weighted by Gasteiger charge is -2.25. The molecule has 0 bridgehead atoms. The highest BCUT2D eigenvalue weighted by Crippen LogP contribution is 2.70. The molecular formula is C27H30F2N8O2S. The van der Waals surface area contributed by atoms with Gasteiger partial charge in [-0.25, -0.2) is 8.78 Å². The van der Waals surface area contributed by atoms with E-state index in [1.165, 1.54) is 34.9 Å². The molecule has 40 heavy (non-hydrogen) atoms. The maximum Gasteiger partial charge on any atom is 0.282 e. The van der Waals surface area contributed by atoms with Crippen LogP contribution in [0.15, 0.2) is 12.4 Å². The average Bonchev–Trinajstić information content (AvgIpc) is 3.90. The Labute approximate surface area is 232 Å². The van der Waals surface area contributed by atoms with Crippen LogP contribution in [0.25, 0.3) is 0 Å². The molecule has 3 aromatic rings. The molecule has 0 saturated heterocycles. The summed E-state index contributed by atoms with van der Waals surface area (Å²) < 4.78 is 29.6. The number of nitrogens with zero attached hydrogens (tertiary/aromatic N) is 5. The van der Waals surface area contributed by atoms with E-state index in [-0.39, 0.29) is 40.9 Å². The number of fused-ring (bicyclic) bond motifs is 1. The molecular weight excluding hydrogens is 538 g/mol. The van der Waals surface area contributed by atoms with Gasteiger partial charge >= 0.3 is 0 Å². The Balaban J connectivity index is 1.07. The van der Waals surface area contributed by atoms with Crippen molar-refractivity contribution in [1.29, 1.82) is 0 Å². The van der Waals surface area contributed by atoms with Gasteiger partial charge in [0, 0.05) is 36.0 Å². The summed E-state index contributed by atoms with van der Waals surface area (Å²) in [6.45, 7) is 0. The van der Waals surface area contributed by atoms with E-state index < -0.39 is 6.43 Å². The van der Waals surface area contributed by atoms with Crippen molar-refractivity contribution in [3.05, 3.63) is 34.1 Å². The van der Waals surface area contributed by atoms with Crippen LogP contribution in [-0.2, 0) is 24.7 Å². The maximum absolute atomic E-state index is 13.7. The lowest BCUT2D eigenvalue weighted by molar-refractivity contribution is -0.117. The van der Waals surface area contributed by atoms with E-state index in [2.05, 4.69) is 31.2 Å². The van der Waals surface area contributed by atoms with Gasteiger partial charge in [-0.1, -0.05) is 0 Å². The van der Waals surface area contributed by atoms with Crippen LogP contribution in [0.4, 0.5) is 25.5 Å². The summed E-state index contributed by atoms with van der Waals surface area (Å²) in [7, 11) is 1.59. The Morgan fingerprint density at radius 1 is 1.18 bits per heavy atom. The molecule has 0 radical (unpaired) electrons. The number of hydrogen-bond donors (Lipinski definition) is 3. The fourth-order valence-electron chi connectivity index (χ4n) is 6.68. The van der Waals surface area contributed by atoms with Gasteiger partial charge in [0.05, 0.1) is 5.56 Å². The number of alkyl halides is 2. The quantitative estimate of drug-likeness (QED) is 0.368. The minimum absolute atomic E-state index is 0.0384. The standard InChI is InChI=1S/C27H30F2N8O2S/c1-36-19(9-16(35-36)21(28)29)32-25-34-30-12-37(25)13-2-3-17-14(8-13)20(23(39)31-18-11-27(18)6-7-27)24(40-17)33-22(38)15-10-26(15)4-5-26/h9,12-13,15,18,21H,2-8,10-11H2,1H3,(H,31,39)(H,32,34)(H,33,38)/t13-,15+,18-/m0/s1. The van der Waals surface area contributed by atoms with Crippen LogP contribution in [0.1, 0.15) is 83.9 Å². The number of carbonyl (C=O) groups is 2. The zero-order chi connectivity index (χ0) is 27.4. The summed E-state index contributed by atoms with van der Waals surface area (Å²) in [4.78, 5) is 27.9.